The molecule has 1 aromatic heterocycles. The number of hydrogen-bond acceptors (Lipinski definition) is 4. The van der Waals surface area contributed by atoms with Crippen LogP contribution < -0.4 is 4.74 Å². The molecule has 0 spiro atoms. The van der Waals surface area contributed by atoms with Gasteiger partial charge in [-0.15, -0.1) is 11.3 Å². The quantitative estimate of drug-likeness (QED) is 0.755. The summed E-state index contributed by atoms with van der Waals surface area (Å²) < 4.78 is 45.0. The van der Waals surface area contributed by atoms with Gasteiger partial charge in [0.1, 0.15) is 22.4 Å². The molecule has 0 saturated carbocycles. The lowest BCUT2D eigenvalue weighted by Crippen LogP contribution is -2.30. The summed E-state index contributed by atoms with van der Waals surface area (Å²) >= 11 is 4.39. The molecule has 0 amide bonds. The smallest absolute Gasteiger partial charge is 0.252 e. The maximum Gasteiger partial charge on any atom is 0.252 e. The predicted molar refractivity (Wildman–Crippen MR) is 83.7 cm³/mol. The van der Waals surface area contributed by atoms with E-state index in [-0.39, 0.29) is 17.4 Å². The van der Waals surface area contributed by atoms with E-state index in [9.17, 15) is 12.8 Å². The van der Waals surface area contributed by atoms with Gasteiger partial charge in [0, 0.05) is 19.7 Å². The van der Waals surface area contributed by atoms with Crippen LogP contribution in [-0.4, -0.2) is 32.9 Å². The van der Waals surface area contributed by atoms with E-state index in [1.807, 2.05) is 0 Å². The molecular weight excluding hydrogens is 381 g/mol. The van der Waals surface area contributed by atoms with Crippen LogP contribution in [-0.2, 0) is 10.0 Å². The molecule has 1 aromatic carbocycles. The number of halogens is 2. The Bertz CT molecular complexity index is 718. The number of likely N-dealkylation sites (N-methyl/N-ethyl adjacent to an activating group) is 1. The molecule has 0 atom stereocenters. The van der Waals surface area contributed by atoms with Crippen LogP contribution in [0.1, 0.15) is 0 Å². The first-order valence-electron chi connectivity index (χ1n) is 5.99. The molecule has 0 bridgehead atoms. The zero-order chi connectivity index (χ0) is 15.5. The Balaban J connectivity index is 1.94. The lowest BCUT2D eigenvalue weighted by Gasteiger charge is -2.16. The Morgan fingerprint density at radius 2 is 2.10 bits per heavy atom. The van der Waals surface area contributed by atoms with Crippen LogP contribution in [0.3, 0.4) is 0 Å². The Morgan fingerprint density at radius 1 is 1.33 bits per heavy atom. The highest BCUT2D eigenvalue weighted by Crippen LogP contribution is 2.27. The molecule has 1 heterocycles. The van der Waals surface area contributed by atoms with Crippen molar-refractivity contribution in [1.82, 2.24) is 4.31 Å². The number of nitrogens with zero attached hydrogens (tertiary/aromatic N) is 1. The van der Waals surface area contributed by atoms with Gasteiger partial charge in [-0.05, 0) is 40.2 Å². The fourth-order valence-corrected chi connectivity index (χ4v) is 4.93. The molecule has 0 N–H and O–H groups in total. The Labute approximate surface area is 135 Å². The summed E-state index contributed by atoms with van der Waals surface area (Å²) in [6.45, 7) is 0.320. The Hall–Kier alpha value is -0.960. The molecule has 2 aromatic rings. The van der Waals surface area contributed by atoms with E-state index in [0.717, 1.165) is 15.1 Å². The molecule has 4 nitrogen and oxygen atoms in total. The van der Waals surface area contributed by atoms with Crippen molar-refractivity contribution in [3.8, 4) is 5.75 Å². The average molecular weight is 394 g/mol. The summed E-state index contributed by atoms with van der Waals surface area (Å²) in [6.07, 6.45) is 0. The molecule has 0 aliphatic carbocycles. The van der Waals surface area contributed by atoms with Gasteiger partial charge < -0.3 is 4.74 Å². The van der Waals surface area contributed by atoms with Crippen molar-refractivity contribution in [2.45, 2.75) is 4.21 Å². The van der Waals surface area contributed by atoms with E-state index in [1.165, 1.54) is 29.6 Å². The van der Waals surface area contributed by atoms with E-state index in [0.29, 0.717) is 5.75 Å². The van der Waals surface area contributed by atoms with Gasteiger partial charge in [-0.25, -0.2) is 12.8 Å². The molecular formula is C13H13BrFNO3S2. The van der Waals surface area contributed by atoms with Crippen LogP contribution in [0.2, 0.25) is 0 Å². The summed E-state index contributed by atoms with van der Waals surface area (Å²) in [5.74, 6) is -0.0171. The van der Waals surface area contributed by atoms with Crippen molar-refractivity contribution < 1.29 is 17.5 Å². The monoisotopic (exact) mass is 393 g/mol. The van der Waals surface area contributed by atoms with Crippen molar-refractivity contribution in [1.29, 1.82) is 0 Å². The number of thiophene rings is 1. The molecule has 0 fully saturated rings. The Kier molecular flexibility index (Phi) is 5.37. The highest BCUT2D eigenvalue weighted by atomic mass is 79.9. The predicted octanol–water partition coefficient (Wildman–Crippen LogP) is 3.35. The van der Waals surface area contributed by atoms with Gasteiger partial charge in [0.15, 0.2) is 0 Å². The molecule has 0 unspecified atom stereocenters. The van der Waals surface area contributed by atoms with Crippen LogP contribution in [0.5, 0.6) is 5.75 Å². The van der Waals surface area contributed by atoms with Gasteiger partial charge in [0.25, 0.3) is 10.0 Å². The second kappa shape index (κ2) is 6.87. The summed E-state index contributed by atoms with van der Waals surface area (Å²) in [4.78, 5) is 0. The SMILES string of the molecule is CN(CCOc1cccc(F)c1)S(=O)(=O)c1ccc(Br)s1. The van der Waals surface area contributed by atoms with Crippen molar-refractivity contribution in [2.24, 2.45) is 0 Å². The lowest BCUT2D eigenvalue weighted by molar-refractivity contribution is 0.286. The molecule has 0 saturated heterocycles. The number of rotatable bonds is 6. The number of benzene rings is 1. The van der Waals surface area contributed by atoms with E-state index >= 15 is 0 Å². The third-order valence-electron chi connectivity index (χ3n) is 2.68. The van der Waals surface area contributed by atoms with E-state index in [2.05, 4.69) is 15.9 Å². The highest BCUT2D eigenvalue weighted by Gasteiger charge is 2.22. The standard InChI is InChI=1S/C13H13BrFNO3S2/c1-16(21(17,18)13-6-5-12(14)20-13)7-8-19-11-4-2-3-10(15)9-11/h2-6,9H,7-8H2,1H3. The highest BCUT2D eigenvalue weighted by molar-refractivity contribution is 9.11. The Morgan fingerprint density at radius 3 is 2.71 bits per heavy atom. The lowest BCUT2D eigenvalue weighted by atomic mass is 10.3. The first-order valence-corrected chi connectivity index (χ1v) is 9.04. The molecule has 8 heteroatoms. The third kappa shape index (κ3) is 4.26. The summed E-state index contributed by atoms with van der Waals surface area (Å²) in [7, 11) is -2.03. The second-order valence-electron chi connectivity index (χ2n) is 4.19. The van der Waals surface area contributed by atoms with E-state index < -0.39 is 15.8 Å². The molecule has 2 rings (SSSR count). The number of ether oxygens (including phenoxy) is 1. The third-order valence-corrected chi connectivity index (χ3v) is 6.63. The molecule has 21 heavy (non-hydrogen) atoms. The van der Waals surface area contributed by atoms with Gasteiger partial charge >= 0.3 is 0 Å². The van der Waals surface area contributed by atoms with Gasteiger partial charge in [0.2, 0.25) is 0 Å². The summed E-state index contributed by atoms with van der Waals surface area (Å²) in [5, 5.41) is 0. The van der Waals surface area contributed by atoms with Gasteiger partial charge in [-0.1, -0.05) is 6.07 Å². The van der Waals surface area contributed by atoms with Gasteiger partial charge in [0.05, 0.1) is 3.79 Å². The minimum Gasteiger partial charge on any atom is -0.492 e. The van der Waals surface area contributed by atoms with Crippen LogP contribution in [0.25, 0.3) is 0 Å². The average Bonchev–Trinajstić information content (AvgIpc) is 2.86. The van der Waals surface area contributed by atoms with Crippen molar-refractivity contribution >= 4 is 37.3 Å². The fourth-order valence-electron chi connectivity index (χ4n) is 1.56. The van der Waals surface area contributed by atoms with Crippen molar-refractivity contribution in [3.63, 3.8) is 0 Å². The topological polar surface area (TPSA) is 46.6 Å². The number of sulfonamides is 1. The normalized spacial score (nSPS) is 11.8. The fraction of sp³-hybridized carbons (Fsp3) is 0.231. The van der Waals surface area contributed by atoms with E-state index in [4.69, 9.17) is 4.74 Å². The van der Waals surface area contributed by atoms with Crippen molar-refractivity contribution in [3.05, 3.63) is 46.0 Å². The summed E-state index contributed by atoms with van der Waals surface area (Å²) in [6, 6.07) is 8.97. The molecule has 114 valence electrons. The maximum absolute atomic E-state index is 13.0. The molecule has 0 aliphatic rings. The number of hydrogen-bond donors (Lipinski definition) is 0. The molecule has 0 radical (unpaired) electrons. The zero-order valence-corrected chi connectivity index (χ0v) is 14.3. The van der Waals surface area contributed by atoms with Crippen LogP contribution >= 0.6 is 27.3 Å². The van der Waals surface area contributed by atoms with Crippen LogP contribution in [0, 0.1) is 5.82 Å². The summed E-state index contributed by atoms with van der Waals surface area (Å²) in [5.41, 5.74) is 0. The maximum atomic E-state index is 13.0. The largest absolute Gasteiger partial charge is 0.492 e. The zero-order valence-electron chi connectivity index (χ0n) is 11.1. The van der Waals surface area contributed by atoms with Gasteiger partial charge in [-0.2, -0.15) is 4.31 Å². The minimum atomic E-state index is -3.51. The van der Waals surface area contributed by atoms with Crippen molar-refractivity contribution in [2.75, 3.05) is 20.2 Å². The first kappa shape index (κ1) is 16.4. The minimum absolute atomic E-state index is 0.145. The van der Waals surface area contributed by atoms with Crippen LogP contribution in [0.4, 0.5) is 4.39 Å². The van der Waals surface area contributed by atoms with Gasteiger partial charge in [-0.3, -0.25) is 0 Å². The van der Waals surface area contributed by atoms with Crippen LogP contribution in [0.15, 0.2) is 44.4 Å². The second-order valence-corrected chi connectivity index (χ2v) is 8.93. The van der Waals surface area contributed by atoms with E-state index in [1.54, 1.807) is 18.2 Å². The first-order chi connectivity index (χ1) is 9.89. The molecule has 0 aliphatic heterocycles.